The van der Waals surface area contributed by atoms with E-state index in [-0.39, 0.29) is 5.75 Å². The van der Waals surface area contributed by atoms with Gasteiger partial charge in [0, 0.05) is 15.8 Å². The maximum Gasteiger partial charge on any atom is 0.276 e. The molecule has 0 unspecified atom stereocenters. The number of sulfone groups is 1. The Morgan fingerprint density at radius 3 is 2.60 bits per heavy atom. The fourth-order valence-electron chi connectivity index (χ4n) is 2.16. The SMILES string of the molecule is Cc1cccc(-c2nnc(SCCS(=O)(=O)c3ccc(Br)cc3)o2)c1. The zero-order valence-electron chi connectivity index (χ0n) is 13.3. The van der Waals surface area contributed by atoms with E-state index in [1.165, 1.54) is 11.8 Å². The van der Waals surface area contributed by atoms with Gasteiger partial charge in [-0.1, -0.05) is 45.4 Å². The Bertz CT molecular complexity index is 970. The smallest absolute Gasteiger partial charge is 0.276 e. The summed E-state index contributed by atoms with van der Waals surface area (Å²) in [5, 5.41) is 8.35. The van der Waals surface area contributed by atoms with E-state index in [2.05, 4.69) is 26.1 Å². The van der Waals surface area contributed by atoms with Crippen LogP contribution in [0.25, 0.3) is 11.5 Å². The number of hydrogen-bond acceptors (Lipinski definition) is 6. The standard InChI is InChI=1S/C17H15BrN2O3S2/c1-12-3-2-4-13(11-12)16-19-20-17(23-16)24-9-10-25(21,22)15-7-5-14(18)6-8-15/h2-8,11H,9-10H2,1H3. The highest BCUT2D eigenvalue weighted by atomic mass is 79.9. The Balaban J connectivity index is 1.62. The molecule has 0 radical (unpaired) electrons. The van der Waals surface area contributed by atoms with Gasteiger partial charge in [0.1, 0.15) is 0 Å². The van der Waals surface area contributed by atoms with Crippen LogP contribution in [0.5, 0.6) is 0 Å². The van der Waals surface area contributed by atoms with Gasteiger partial charge in [-0.2, -0.15) is 0 Å². The van der Waals surface area contributed by atoms with Crippen molar-refractivity contribution in [2.45, 2.75) is 17.0 Å². The highest BCUT2D eigenvalue weighted by molar-refractivity contribution is 9.10. The molecular weight excluding hydrogens is 424 g/mol. The fourth-order valence-corrected chi connectivity index (χ4v) is 4.83. The lowest BCUT2D eigenvalue weighted by Gasteiger charge is -2.03. The number of benzene rings is 2. The molecule has 0 bridgehead atoms. The minimum atomic E-state index is -3.33. The molecular formula is C17H15BrN2O3S2. The maximum atomic E-state index is 12.3. The number of hydrogen-bond donors (Lipinski definition) is 0. The van der Waals surface area contributed by atoms with Crippen LogP contribution < -0.4 is 0 Å². The van der Waals surface area contributed by atoms with Gasteiger partial charge in [-0.25, -0.2) is 8.42 Å². The van der Waals surface area contributed by atoms with E-state index >= 15 is 0 Å². The molecule has 3 rings (SSSR count). The number of aryl methyl sites for hydroxylation is 1. The highest BCUT2D eigenvalue weighted by Gasteiger charge is 2.16. The Kier molecular flexibility index (Phi) is 5.61. The molecule has 130 valence electrons. The van der Waals surface area contributed by atoms with Gasteiger partial charge in [-0.05, 0) is 43.3 Å². The number of halogens is 1. The molecule has 0 aliphatic carbocycles. The van der Waals surface area contributed by atoms with Crippen LogP contribution in [-0.4, -0.2) is 30.1 Å². The second-order valence-electron chi connectivity index (χ2n) is 5.36. The van der Waals surface area contributed by atoms with E-state index in [1.807, 2.05) is 31.2 Å². The molecule has 1 aromatic heterocycles. The van der Waals surface area contributed by atoms with Crippen molar-refractivity contribution in [3.8, 4) is 11.5 Å². The molecule has 0 atom stereocenters. The Morgan fingerprint density at radius 2 is 1.88 bits per heavy atom. The molecule has 0 N–H and O–H groups in total. The first-order valence-corrected chi connectivity index (χ1v) is 10.9. The van der Waals surface area contributed by atoms with Crippen molar-refractivity contribution in [3.63, 3.8) is 0 Å². The molecule has 0 aliphatic heterocycles. The van der Waals surface area contributed by atoms with Gasteiger partial charge >= 0.3 is 0 Å². The fraction of sp³-hybridized carbons (Fsp3) is 0.176. The van der Waals surface area contributed by atoms with Gasteiger partial charge in [0.2, 0.25) is 5.89 Å². The predicted octanol–water partition coefficient (Wildman–Crippen LogP) is 4.37. The highest BCUT2D eigenvalue weighted by Crippen LogP contribution is 2.24. The van der Waals surface area contributed by atoms with E-state index in [1.54, 1.807) is 24.3 Å². The van der Waals surface area contributed by atoms with Crippen LogP contribution in [0.4, 0.5) is 0 Å². The van der Waals surface area contributed by atoms with Gasteiger partial charge in [0.25, 0.3) is 5.22 Å². The summed E-state index contributed by atoms with van der Waals surface area (Å²) in [5.74, 6) is 0.775. The normalized spacial score (nSPS) is 11.6. The molecule has 0 saturated heterocycles. The summed E-state index contributed by atoms with van der Waals surface area (Å²) in [6, 6.07) is 14.4. The molecule has 3 aromatic rings. The van der Waals surface area contributed by atoms with E-state index in [4.69, 9.17) is 4.42 Å². The van der Waals surface area contributed by atoms with Crippen molar-refractivity contribution in [1.29, 1.82) is 0 Å². The first kappa shape index (κ1) is 18.2. The number of rotatable bonds is 6. The summed E-state index contributed by atoms with van der Waals surface area (Å²) in [6.07, 6.45) is 0. The number of aromatic nitrogens is 2. The zero-order chi connectivity index (χ0) is 17.9. The molecule has 8 heteroatoms. The monoisotopic (exact) mass is 438 g/mol. The van der Waals surface area contributed by atoms with Crippen LogP contribution in [0.2, 0.25) is 0 Å². The summed E-state index contributed by atoms with van der Waals surface area (Å²) in [7, 11) is -3.33. The van der Waals surface area contributed by atoms with Crippen molar-refractivity contribution in [2.24, 2.45) is 0 Å². The molecule has 0 spiro atoms. The van der Waals surface area contributed by atoms with Gasteiger partial charge in [-0.15, -0.1) is 10.2 Å². The largest absolute Gasteiger partial charge is 0.411 e. The summed E-state index contributed by atoms with van der Waals surface area (Å²) in [6.45, 7) is 1.99. The third kappa shape index (κ3) is 4.71. The second-order valence-corrected chi connectivity index (χ2v) is 9.43. The first-order valence-electron chi connectivity index (χ1n) is 7.46. The van der Waals surface area contributed by atoms with Crippen LogP contribution in [0.15, 0.2) is 67.5 Å². The van der Waals surface area contributed by atoms with Crippen LogP contribution in [0, 0.1) is 6.92 Å². The summed E-state index contributed by atoms with van der Waals surface area (Å²) in [5.41, 5.74) is 1.95. The van der Waals surface area contributed by atoms with Gasteiger partial charge in [-0.3, -0.25) is 0 Å². The molecule has 2 aromatic carbocycles. The maximum absolute atomic E-state index is 12.3. The average Bonchev–Trinajstić information content (AvgIpc) is 3.04. The topological polar surface area (TPSA) is 73.1 Å². The minimum absolute atomic E-state index is 0.00145. The predicted molar refractivity (Wildman–Crippen MR) is 101 cm³/mol. The molecule has 1 heterocycles. The Hall–Kier alpha value is -1.64. The van der Waals surface area contributed by atoms with Crippen LogP contribution >= 0.6 is 27.7 Å². The van der Waals surface area contributed by atoms with Crippen molar-refractivity contribution >= 4 is 37.5 Å². The molecule has 0 saturated carbocycles. The van der Waals surface area contributed by atoms with E-state index < -0.39 is 9.84 Å². The van der Waals surface area contributed by atoms with Gasteiger partial charge in [0.15, 0.2) is 9.84 Å². The van der Waals surface area contributed by atoms with E-state index in [0.717, 1.165) is 15.6 Å². The van der Waals surface area contributed by atoms with Crippen molar-refractivity contribution < 1.29 is 12.8 Å². The van der Waals surface area contributed by atoms with Gasteiger partial charge < -0.3 is 4.42 Å². The zero-order valence-corrected chi connectivity index (χ0v) is 16.6. The molecule has 25 heavy (non-hydrogen) atoms. The summed E-state index contributed by atoms with van der Waals surface area (Å²) in [4.78, 5) is 0.308. The molecule has 0 amide bonds. The van der Waals surface area contributed by atoms with E-state index in [9.17, 15) is 8.42 Å². The van der Waals surface area contributed by atoms with E-state index in [0.29, 0.717) is 21.8 Å². The van der Waals surface area contributed by atoms with Crippen LogP contribution in [0.1, 0.15) is 5.56 Å². The van der Waals surface area contributed by atoms with Crippen molar-refractivity contribution in [1.82, 2.24) is 10.2 Å². The Labute approximate surface area is 158 Å². The lowest BCUT2D eigenvalue weighted by atomic mass is 10.1. The second kappa shape index (κ2) is 7.72. The third-order valence-electron chi connectivity index (χ3n) is 3.42. The first-order chi connectivity index (χ1) is 11.9. The third-order valence-corrected chi connectivity index (χ3v) is 6.76. The summed E-state index contributed by atoms with van der Waals surface area (Å²) < 4.78 is 31.0. The number of thioether (sulfide) groups is 1. The molecule has 0 aliphatic rings. The molecule has 5 nitrogen and oxygen atoms in total. The van der Waals surface area contributed by atoms with Crippen LogP contribution in [0.3, 0.4) is 0 Å². The molecule has 0 fully saturated rings. The quantitative estimate of drug-likeness (QED) is 0.531. The number of nitrogens with zero attached hydrogens (tertiary/aromatic N) is 2. The summed E-state index contributed by atoms with van der Waals surface area (Å²) >= 11 is 4.53. The lowest BCUT2D eigenvalue weighted by Crippen LogP contribution is -2.08. The Morgan fingerprint density at radius 1 is 1.12 bits per heavy atom. The average molecular weight is 439 g/mol. The lowest BCUT2D eigenvalue weighted by molar-refractivity contribution is 0.466. The van der Waals surface area contributed by atoms with Gasteiger partial charge in [0.05, 0.1) is 10.6 Å². The van der Waals surface area contributed by atoms with Crippen molar-refractivity contribution in [3.05, 3.63) is 58.6 Å². The van der Waals surface area contributed by atoms with Crippen molar-refractivity contribution in [2.75, 3.05) is 11.5 Å². The van der Waals surface area contributed by atoms with Crippen LogP contribution in [-0.2, 0) is 9.84 Å². The minimum Gasteiger partial charge on any atom is -0.411 e.